The molecule has 0 aliphatic carbocycles. The number of thioether (sulfide) groups is 1. The van der Waals surface area contributed by atoms with Crippen LogP contribution in [0.2, 0.25) is 0 Å². The van der Waals surface area contributed by atoms with Gasteiger partial charge >= 0.3 is 11.9 Å². The number of aromatic nitrogens is 1. The molecule has 7 heteroatoms. The van der Waals surface area contributed by atoms with Crippen LogP contribution in [0.3, 0.4) is 0 Å². The van der Waals surface area contributed by atoms with Crippen molar-refractivity contribution in [3.05, 3.63) is 17.2 Å². The van der Waals surface area contributed by atoms with E-state index in [4.69, 9.17) is 15.9 Å². The van der Waals surface area contributed by atoms with Crippen LogP contribution in [0.4, 0.5) is 5.82 Å². The number of nitrogens with zero attached hydrogens (tertiary/aromatic N) is 1. The van der Waals surface area contributed by atoms with Gasteiger partial charge in [0.1, 0.15) is 16.4 Å². The Hall–Kier alpha value is -1.76. The maximum atomic E-state index is 10.8. The van der Waals surface area contributed by atoms with Gasteiger partial charge in [-0.25, -0.2) is 14.6 Å². The molecule has 0 unspecified atom stereocenters. The van der Waals surface area contributed by atoms with Crippen LogP contribution < -0.4 is 5.73 Å². The number of carbonyl (C=O) groups is 2. The lowest BCUT2D eigenvalue weighted by Gasteiger charge is -2.05. The Labute approximate surface area is 89.1 Å². The van der Waals surface area contributed by atoms with Gasteiger partial charge in [-0.15, -0.1) is 11.8 Å². The lowest BCUT2D eigenvalue weighted by atomic mass is 10.2. The summed E-state index contributed by atoms with van der Waals surface area (Å²) in [7, 11) is 0. The highest BCUT2D eigenvalue weighted by molar-refractivity contribution is 7.98. The molecule has 0 atom stereocenters. The van der Waals surface area contributed by atoms with Gasteiger partial charge in [-0.1, -0.05) is 0 Å². The van der Waals surface area contributed by atoms with E-state index in [1.54, 1.807) is 6.26 Å². The van der Waals surface area contributed by atoms with Gasteiger partial charge in [0.05, 0.1) is 5.56 Å². The third-order valence-corrected chi connectivity index (χ3v) is 2.37. The van der Waals surface area contributed by atoms with E-state index < -0.39 is 11.9 Å². The van der Waals surface area contributed by atoms with E-state index in [0.29, 0.717) is 0 Å². The van der Waals surface area contributed by atoms with Gasteiger partial charge in [-0.05, 0) is 12.3 Å². The van der Waals surface area contributed by atoms with Gasteiger partial charge < -0.3 is 15.9 Å². The fraction of sp³-hybridized carbons (Fsp3) is 0.125. The zero-order chi connectivity index (χ0) is 11.6. The molecule has 0 aliphatic heterocycles. The van der Waals surface area contributed by atoms with Gasteiger partial charge in [-0.3, -0.25) is 0 Å². The summed E-state index contributed by atoms with van der Waals surface area (Å²) in [5.74, 6) is -2.71. The Kier molecular flexibility index (Phi) is 3.15. The molecule has 15 heavy (non-hydrogen) atoms. The fourth-order valence-corrected chi connectivity index (χ4v) is 1.55. The first-order valence-electron chi connectivity index (χ1n) is 3.78. The minimum Gasteiger partial charge on any atom is -0.478 e. The van der Waals surface area contributed by atoms with Crippen LogP contribution in [-0.4, -0.2) is 33.4 Å². The molecule has 0 aliphatic rings. The summed E-state index contributed by atoms with van der Waals surface area (Å²) in [5.41, 5.74) is 4.91. The number of carboxylic acids is 2. The third kappa shape index (κ3) is 2.18. The van der Waals surface area contributed by atoms with Crippen LogP contribution in [0.15, 0.2) is 11.1 Å². The largest absolute Gasteiger partial charge is 0.478 e. The Morgan fingerprint density at radius 3 is 2.27 bits per heavy atom. The Bertz CT molecular complexity index is 433. The summed E-state index contributed by atoms with van der Waals surface area (Å²) in [4.78, 5) is 25.2. The zero-order valence-corrected chi connectivity index (χ0v) is 8.54. The SMILES string of the molecule is CSc1nc(N)c(C(=O)O)cc1C(=O)O. The van der Waals surface area contributed by atoms with E-state index >= 15 is 0 Å². The van der Waals surface area contributed by atoms with Crippen molar-refractivity contribution in [2.45, 2.75) is 5.03 Å². The molecule has 0 spiro atoms. The van der Waals surface area contributed by atoms with E-state index in [-0.39, 0.29) is 22.0 Å². The standard InChI is InChI=1S/C8H8N2O4S/c1-15-6-4(8(13)14)2-3(7(11)12)5(9)10-6/h2H,1H3,(H2,9,10)(H,11,12)(H,13,14). The van der Waals surface area contributed by atoms with Crippen LogP contribution >= 0.6 is 11.8 Å². The lowest BCUT2D eigenvalue weighted by molar-refractivity contribution is 0.0692. The predicted molar refractivity (Wildman–Crippen MR) is 54.3 cm³/mol. The molecule has 0 radical (unpaired) electrons. The van der Waals surface area contributed by atoms with E-state index in [9.17, 15) is 9.59 Å². The smallest absolute Gasteiger partial charge is 0.339 e. The van der Waals surface area contributed by atoms with Crippen molar-refractivity contribution < 1.29 is 19.8 Å². The van der Waals surface area contributed by atoms with Crippen molar-refractivity contribution in [1.82, 2.24) is 4.98 Å². The van der Waals surface area contributed by atoms with Gasteiger partial charge in [0.25, 0.3) is 0 Å². The van der Waals surface area contributed by atoms with Crippen molar-refractivity contribution in [2.75, 3.05) is 12.0 Å². The molecular formula is C8H8N2O4S. The van der Waals surface area contributed by atoms with Crippen molar-refractivity contribution in [2.24, 2.45) is 0 Å². The first kappa shape index (κ1) is 11.3. The average molecular weight is 228 g/mol. The number of hydrogen-bond acceptors (Lipinski definition) is 5. The summed E-state index contributed by atoms with van der Waals surface area (Å²) < 4.78 is 0. The quantitative estimate of drug-likeness (QED) is 0.655. The molecule has 0 saturated heterocycles. The first-order chi connectivity index (χ1) is 6.97. The summed E-state index contributed by atoms with van der Waals surface area (Å²) in [5, 5.41) is 17.7. The second-order valence-corrected chi connectivity index (χ2v) is 3.38. The van der Waals surface area contributed by atoms with Gasteiger partial charge in [0, 0.05) is 0 Å². The number of anilines is 1. The molecule has 0 bridgehead atoms. The molecule has 0 fully saturated rings. The van der Waals surface area contributed by atoms with Crippen LogP contribution in [0.1, 0.15) is 20.7 Å². The van der Waals surface area contributed by atoms with Gasteiger partial charge in [0.15, 0.2) is 0 Å². The highest BCUT2D eigenvalue weighted by Crippen LogP contribution is 2.22. The predicted octanol–water partition coefficient (Wildman–Crippen LogP) is 0.782. The molecule has 80 valence electrons. The monoisotopic (exact) mass is 228 g/mol. The molecule has 1 aromatic heterocycles. The number of carboxylic acid groups (broad SMARTS) is 2. The van der Waals surface area contributed by atoms with Gasteiger partial charge in [0.2, 0.25) is 0 Å². The molecule has 6 nitrogen and oxygen atoms in total. The second-order valence-electron chi connectivity index (χ2n) is 2.59. The zero-order valence-electron chi connectivity index (χ0n) is 7.72. The van der Waals surface area contributed by atoms with Crippen molar-refractivity contribution in [1.29, 1.82) is 0 Å². The normalized spacial score (nSPS) is 9.93. The average Bonchev–Trinajstić information content (AvgIpc) is 2.16. The topological polar surface area (TPSA) is 114 Å². The number of hydrogen-bond donors (Lipinski definition) is 3. The van der Waals surface area contributed by atoms with E-state index in [0.717, 1.165) is 17.8 Å². The summed E-state index contributed by atoms with van der Waals surface area (Å²) in [6.07, 6.45) is 1.63. The number of pyridine rings is 1. The molecular weight excluding hydrogens is 220 g/mol. The molecule has 1 rings (SSSR count). The molecule has 1 heterocycles. The van der Waals surface area contributed by atoms with Crippen molar-refractivity contribution in [3.63, 3.8) is 0 Å². The second kappa shape index (κ2) is 4.18. The van der Waals surface area contributed by atoms with Crippen LogP contribution in [0.25, 0.3) is 0 Å². The minimum atomic E-state index is -1.30. The summed E-state index contributed by atoms with van der Waals surface area (Å²) in [6.45, 7) is 0. The maximum Gasteiger partial charge on any atom is 0.339 e. The number of rotatable bonds is 3. The highest BCUT2D eigenvalue weighted by atomic mass is 32.2. The third-order valence-electron chi connectivity index (χ3n) is 1.67. The summed E-state index contributed by atoms with van der Waals surface area (Å²) in [6, 6.07) is 1.01. The first-order valence-corrected chi connectivity index (χ1v) is 5.01. The number of nitrogens with two attached hydrogens (primary N) is 1. The van der Waals surface area contributed by atoms with Crippen LogP contribution in [0, 0.1) is 0 Å². The van der Waals surface area contributed by atoms with Crippen molar-refractivity contribution in [3.8, 4) is 0 Å². The Balaban J connectivity index is 3.43. The van der Waals surface area contributed by atoms with Crippen LogP contribution in [0.5, 0.6) is 0 Å². The fourth-order valence-electron chi connectivity index (χ4n) is 0.990. The lowest BCUT2D eigenvalue weighted by Crippen LogP contribution is -2.10. The molecule has 4 N–H and O–H groups in total. The van der Waals surface area contributed by atoms with Gasteiger partial charge in [-0.2, -0.15) is 0 Å². The van der Waals surface area contributed by atoms with E-state index in [2.05, 4.69) is 4.98 Å². The molecule has 0 amide bonds. The van der Waals surface area contributed by atoms with Crippen LogP contribution in [-0.2, 0) is 0 Å². The number of nitrogen functional groups attached to an aromatic ring is 1. The molecule has 0 aromatic carbocycles. The van der Waals surface area contributed by atoms with E-state index in [1.807, 2.05) is 0 Å². The Morgan fingerprint density at radius 1 is 1.33 bits per heavy atom. The minimum absolute atomic E-state index is 0.158. The highest BCUT2D eigenvalue weighted by Gasteiger charge is 2.18. The summed E-state index contributed by atoms with van der Waals surface area (Å²) >= 11 is 1.09. The maximum absolute atomic E-state index is 10.8. The molecule has 1 aromatic rings. The van der Waals surface area contributed by atoms with E-state index in [1.165, 1.54) is 0 Å². The molecule has 0 saturated carbocycles. The van der Waals surface area contributed by atoms with Crippen molar-refractivity contribution >= 4 is 29.5 Å². The Morgan fingerprint density at radius 2 is 1.87 bits per heavy atom. The number of aromatic carboxylic acids is 2.